The Balaban J connectivity index is 2.90. The van der Waals surface area contributed by atoms with Gasteiger partial charge in [0.25, 0.3) is 0 Å². The fraction of sp³-hybridized carbons (Fsp3) is 0.182. The van der Waals surface area contributed by atoms with Gasteiger partial charge in [-0.25, -0.2) is 0 Å². The molecule has 1 nitrogen and oxygen atoms in total. The molecule has 0 bridgehead atoms. The highest BCUT2D eigenvalue weighted by Crippen LogP contribution is 2.32. The van der Waals surface area contributed by atoms with Gasteiger partial charge in [-0.3, -0.25) is 0 Å². The van der Waals surface area contributed by atoms with Crippen LogP contribution in [0.3, 0.4) is 0 Å². The van der Waals surface area contributed by atoms with Gasteiger partial charge in [-0.15, -0.1) is 11.3 Å². The van der Waals surface area contributed by atoms with E-state index in [1.54, 1.807) is 11.3 Å². The third kappa shape index (κ3) is 1.30. The highest BCUT2D eigenvalue weighted by atomic mass is 35.5. The minimum Gasteiger partial charge on any atom is -0.192 e. The molecule has 0 saturated heterocycles. The SMILES string of the molecule is CCc1cc(Cl)c(C#N)c2ccsc12. The van der Waals surface area contributed by atoms with Gasteiger partial charge in [0.2, 0.25) is 0 Å². The van der Waals surface area contributed by atoms with Crippen molar-refractivity contribution >= 4 is 33.0 Å². The molecule has 0 amide bonds. The lowest BCUT2D eigenvalue weighted by atomic mass is 10.1. The molecule has 3 heteroatoms. The molecule has 2 aromatic rings. The standard InChI is InChI=1S/C11H8ClNS/c1-2-7-5-10(12)9(6-13)8-3-4-14-11(7)8/h3-5H,2H2,1H3. The first-order valence-corrected chi connectivity index (χ1v) is 5.62. The summed E-state index contributed by atoms with van der Waals surface area (Å²) in [5.41, 5.74) is 1.82. The topological polar surface area (TPSA) is 23.8 Å². The lowest BCUT2D eigenvalue weighted by molar-refractivity contribution is 1.16. The molecule has 0 atom stereocenters. The van der Waals surface area contributed by atoms with Crippen molar-refractivity contribution in [3.63, 3.8) is 0 Å². The number of halogens is 1. The summed E-state index contributed by atoms with van der Waals surface area (Å²) in [7, 11) is 0. The Morgan fingerprint density at radius 1 is 1.57 bits per heavy atom. The van der Waals surface area contributed by atoms with E-state index in [4.69, 9.17) is 16.9 Å². The number of benzene rings is 1. The first-order valence-electron chi connectivity index (χ1n) is 4.36. The lowest BCUT2D eigenvalue weighted by Crippen LogP contribution is -1.85. The fourth-order valence-electron chi connectivity index (χ4n) is 1.55. The van der Waals surface area contributed by atoms with Crippen molar-refractivity contribution in [3.05, 3.63) is 33.7 Å². The Kier molecular flexibility index (Phi) is 2.45. The van der Waals surface area contributed by atoms with Gasteiger partial charge >= 0.3 is 0 Å². The molecule has 1 aromatic carbocycles. The molecule has 0 N–H and O–H groups in total. The van der Waals surface area contributed by atoms with Crippen molar-refractivity contribution in [2.24, 2.45) is 0 Å². The molecular weight excluding hydrogens is 214 g/mol. The molecule has 0 fully saturated rings. The van der Waals surface area contributed by atoms with E-state index in [1.165, 1.54) is 10.3 Å². The average Bonchev–Trinajstić information content (AvgIpc) is 2.65. The van der Waals surface area contributed by atoms with E-state index in [-0.39, 0.29) is 0 Å². The second-order valence-corrected chi connectivity index (χ2v) is 4.34. The number of hydrogen-bond acceptors (Lipinski definition) is 2. The van der Waals surface area contributed by atoms with Crippen molar-refractivity contribution in [3.8, 4) is 6.07 Å². The van der Waals surface area contributed by atoms with E-state index >= 15 is 0 Å². The van der Waals surface area contributed by atoms with E-state index in [0.29, 0.717) is 10.6 Å². The Labute approximate surface area is 91.5 Å². The van der Waals surface area contributed by atoms with Crippen LogP contribution in [0, 0.1) is 11.3 Å². The van der Waals surface area contributed by atoms with Crippen molar-refractivity contribution in [1.29, 1.82) is 5.26 Å². The van der Waals surface area contributed by atoms with Crippen LogP contribution in [0.2, 0.25) is 5.02 Å². The molecule has 0 aliphatic carbocycles. The summed E-state index contributed by atoms with van der Waals surface area (Å²) in [5.74, 6) is 0. The largest absolute Gasteiger partial charge is 0.192 e. The van der Waals surface area contributed by atoms with Crippen LogP contribution < -0.4 is 0 Å². The van der Waals surface area contributed by atoms with Crippen molar-refractivity contribution in [2.45, 2.75) is 13.3 Å². The fourth-order valence-corrected chi connectivity index (χ4v) is 2.82. The number of fused-ring (bicyclic) bond motifs is 1. The van der Waals surface area contributed by atoms with Crippen LogP contribution >= 0.6 is 22.9 Å². The Morgan fingerprint density at radius 3 is 3.00 bits per heavy atom. The maximum atomic E-state index is 8.97. The van der Waals surface area contributed by atoms with Crippen LogP contribution in [-0.2, 0) is 6.42 Å². The second kappa shape index (κ2) is 3.61. The Morgan fingerprint density at radius 2 is 2.36 bits per heavy atom. The van der Waals surface area contributed by atoms with Gasteiger partial charge in [-0.2, -0.15) is 5.26 Å². The molecule has 0 saturated carbocycles. The molecule has 0 unspecified atom stereocenters. The van der Waals surface area contributed by atoms with Gasteiger partial charge in [-0.05, 0) is 29.5 Å². The highest BCUT2D eigenvalue weighted by Gasteiger charge is 2.10. The first kappa shape index (κ1) is 9.51. The molecule has 70 valence electrons. The molecule has 2 rings (SSSR count). The molecule has 0 radical (unpaired) electrons. The van der Waals surface area contributed by atoms with Gasteiger partial charge in [0, 0.05) is 10.1 Å². The maximum absolute atomic E-state index is 8.97. The number of rotatable bonds is 1. The van der Waals surface area contributed by atoms with Crippen molar-refractivity contribution in [2.75, 3.05) is 0 Å². The lowest BCUT2D eigenvalue weighted by Gasteiger charge is -2.03. The van der Waals surface area contributed by atoms with Gasteiger partial charge < -0.3 is 0 Å². The van der Waals surface area contributed by atoms with Gasteiger partial charge in [0.15, 0.2) is 0 Å². The smallest absolute Gasteiger partial charge is 0.101 e. The summed E-state index contributed by atoms with van der Waals surface area (Å²) in [6, 6.07) is 6.01. The summed E-state index contributed by atoms with van der Waals surface area (Å²) in [6.07, 6.45) is 0.947. The van der Waals surface area contributed by atoms with E-state index in [0.717, 1.165) is 11.8 Å². The molecular formula is C11H8ClNS. The number of hydrogen-bond donors (Lipinski definition) is 0. The third-order valence-corrected chi connectivity index (χ3v) is 3.55. The molecule has 0 spiro atoms. The zero-order chi connectivity index (χ0) is 10.1. The van der Waals surface area contributed by atoms with Gasteiger partial charge in [0.1, 0.15) is 6.07 Å². The Hall–Kier alpha value is -1.04. The molecule has 0 aliphatic heterocycles. The maximum Gasteiger partial charge on any atom is 0.101 e. The van der Waals surface area contributed by atoms with Crippen molar-refractivity contribution in [1.82, 2.24) is 0 Å². The first-order chi connectivity index (χ1) is 6.77. The van der Waals surface area contributed by atoms with Crippen LogP contribution in [-0.4, -0.2) is 0 Å². The van der Waals surface area contributed by atoms with Crippen LogP contribution in [0.4, 0.5) is 0 Å². The summed E-state index contributed by atoms with van der Waals surface area (Å²) in [6.45, 7) is 2.09. The highest BCUT2D eigenvalue weighted by molar-refractivity contribution is 7.17. The van der Waals surface area contributed by atoms with E-state index in [9.17, 15) is 0 Å². The van der Waals surface area contributed by atoms with E-state index in [1.807, 2.05) is 17.5 Å². The normalized spacial score (nSPS) is 10.4. The average molecular weight is 222 g/mol. The Bertz CT molecular complexity index is 522. The number of aryl methyl sites for hydroxylation is 1. The zero-order valence-electron chi connectivity index (χ0n) is 7.67. The number of nitrogens with zero attached hydrogens (tertiary/aromatic N) is 1. The molecule has 1 heterocycles. The van der Waals surface area contributed by atoms with Crippen LogP contribution in [0.25, 0.3) is 10.1 Å². The van der Waals surface area contributed by atoms with Crippen molar-refractivity contribution < 1.29 is 0 Å². The summed E-state index contributed by atoms with van der Waals surface area (Å²) in [4.78, 5) is 0. The van der Waals surface area contributed by atoms with Crippen LogP contribution in [0.15, 0.2) is 17.5 Å². The number of thiophene rings is 1. The molecule has 1 aromatic heterocycles. The predicted molar refractivity (Wildman–Crippen MR) is 60.9 cm³/mol. The molecule has 14 heavy (non-hydrogen) atoms. The third-order valence-electron chi connectivity index (χ3n) is 2.26. The van der Waals surface area contributed by atoms with E-state index < -0.39 is 0 Å². The van der Waals surface area contributed by atoms with Gasteiger partial charge in [-0.1, -0.05) is 18.5 Å². The summed E-state index contributed by atoms with van der Waals surface area (Å²) in [5, 5.41) is 12.5. The monoisotopic (exact) mass is 221 g/mol. The quantitative estimate of drug-likeness (QED) is 0.715. The van der Waals surface area contributed by atoms with Crippen LogP contribution in [0.1, 0.15) is 18.1 Å². The minimum atomic E-state index is 0.565. The number of nitriles is 1. The second-order valence-electron chi connectivity index (χ2n) is 3.02. The molecule has 0 aliphatic rings. The van der Waals surface area contributed by atoms with Gasteiger partial charge in [0.05, 0.1) is 10.6 Å². The van der Waals surface area contributed by atoms with Crippen LogP contribution in [0.5, 0.6) is 0 Å². The zero-order valence-corrected chi connectivity index (χ0v) is 9.25. The predicted octanol–water partition coefficient (Wildman–Crippen LogP) is 3.99. The minimum absolute atomic E-state index is 0.565. The summed E-state index contributed by atoms with van der Waals surface area (Å²) >= 11 is 7.69. The summed E-state index contributed by atoms with van der Waals surface area (Å²) < 4.78 is 1.19. The van der Waals surface area contributed by atoms with E-state index in [2.05, 4.69) is 13.0 Å².